The van der Waals surface area contributed by atoms with Crippen LogP contribution in [0, 0.1) is 11.6 Å². The molecular formula is C30H35F4N9O4. The molecule has 0 bridgehead atoms. The highest BCUT2D eigenvalue weighted by atomic mass is 19.3. The van der Waals surface area contributed by atoms with Crippen molar-refractivity contribution in [2.24, 2.45) is 5.73 Å². The minimum atomic E-state index is -3.04. The molecule has 0 saturated carbocycles. The summed E-state index contributed by atoms with van der Waals surface area (Å²) >= 11 is 0. The number of methoxy groups -OCH3 is 1. The molecule has 1 amide bonds. The van der Waals surface area contributed by atoms with Gasteiger partial charge < -0.3 is 40.4 Å². The average Bonchev–Trinajstić information content (AvgIpc) is 3.47. The zero-order valence-corrected chi connectivity index (χ0v) is 25.7. The number of carbonyl (C=O) groups is 1. The number of pyridine rings is 1. The van der Waals surface area contributed by atoms with Crippen LogP contribution < -0.4 is 26.0 Å². The number of piperidine rings is 1. The fraction of sp³-hybridized carbons (Fsp3) is 0.433. The van der Waals surface area contributed by atoms with Crippen LogP contribution in [-0.2, 0) is 11.3 Å². The molecule has 0 radical (unpaired) electrons. The number of carbonyl (C=O) groups excluding carboxylic acids is 1. The number of anilines is 2. The number of rotatable bonds is 12. The second-order valence-corrected chi connectivity index (χ2v) is 11.1. The van der Waals surface area contributed by atoms with Crippen LogP contribution in [0.3, 0.4) is 0 Å². The summed E-state index contributed by atoms with van der Waals surface area (Å²) in [5.74, 6) is -1.52. The Kier molecular flexibility index (Phi) is 10.2. The van der Waals surface area contributed by atoms with E-state index in [2.05, 4.69) is 30.6 Å². The Bertz CT molecular complexity index is 1730. The number of nitrogens with two attached hydrogens (primary N) is 1. The van der Waals surface area contributed by atoms with Crippen molar-refractivity contribution in [2.45, 2.75) is 50.8 Å². The molecule has 1 fully saturated rings. The monoisotopic (exact) mass is 661 g/mol. The molecule has 47 heavy (non-hydrogen) atoms. The normalized spacial score (nSPS) is 17.2. The van der Waals surface area contributed by atoms with E-state index < -0.39 is 35.8 Å². The Morgan fingerprint density at radius 1 is 1.17 bits per heavy atom. The highest BCUT2D eigenvalue weighted by Crippen LogP contribution is 2.35. The molecule has 5 N–H and O–H groups in total. The molecule has 0 spiro atoms. The van der Waals surface area contributed by atoms with Gasteiger partial charge in [0, 0.05) is 31.3 Å². The number of alkyl carbamates (subject to hydrolysis) is 1. The highest BCUT2D eigenvalue weighted by Gasteiger charge is 2.43. The number of hydrogen-bond acceptors (Lipinski definition) is 11. The van der Waals surface area contributed by atoms with Crippen LogP contribution in [0.5, 0.6) is 5.75 Å². The molecule has 1 aliphatic heterocycles. The van der Waals surface area contributed by atoms with Crippen molar-refractivity contribution in [3.8, 4) is 17.0 Å². The van der Waals surface area contributed by atoms with Crippen molar-refractivity contribution in [2.75, 3.05) is 43.7 Å². The number of ether oxygens (including phenoxy) is 2. The molecular weight excluding hydrogens is 626 g/mol. The summed E-state index contributed by atoms with van der Waals surface area (Å²) in [4.78, 5) is 30.9. The second-order valence-electron chi connectivity index (χ2n) is 11.1. The summed E-state index contributed by atoms with van der Waals surface area (Å²) in [5, 5.41) is 15.7. The van der Waals surface area contributed by atoms with Gasteiger partial charge in [-0.15, -0.1) is 0 Å². The minimum absolute atomic E-state index is 0.0828. The quantitative estimate of drug-likeness (QED) is 0.129. The van der Waals surface area contributed by atoms with Crippen LogP contribution >= 0.6 is 0 Å². The van der Waals surface area contributed by atoms with Crippen molar-refractivity contribution in [1.82, 2.24) is 29.8 Å². The number of benzene rings is 1. The number of halogens is 4. The Labute approximate surface area is 267 Å². The third-order valence-corrected chi connectivity index (χ3v) is 7.91. The summed E-state index contributed by atoms with van der Waals surface area (Å²) in [7, 11) is 1.22. The Morgan fingerprint density at radius 3 is 2.72 bits per heavy atom. The van der Waals surface area contributed by atoms with E-state index in [1.807, 2.05) is 6.92 Å². The van der Waals surface area contributed by atoms with Crippen molar-refractivity contribution >= 4 is 28.8 Å². The molecule has 1 aliphatic rings. The van der Waals surface area contributed by atoms with E-state index in [4.69, 9.17) is 15.2 Å². The third-order valence-electron chi connectivity index (χ3n) is 7.91. The second kappa shape index (κ2) is 14.3. The first-order chi connectivity index (χ1) is 22.5. The molecule has 252 valence electrons. The largest absolute Gasteiger partial charge is 0.494 e. The van der Waals surface area contributed by atoms with Crippen LogP contribution in [-0.4, -0.2) is 87.2 Å². The summed E-state index contributed by atoms with van der Waals surface area (Å²) < 4.78 is 68.5. The Hall–Kier alpha value is -4.77. The Morgan fingerprint density at radius 2 is 1.98 bits per heavy atom. The molecule has 2 atom stereocenters. The number of imidazole rings is 1. The lowest BCUT2D eigenvalue weighted by atomic mass is 9.84. The molecule has 3 aromatic heterocycles. The summed E-state index contributed by atoms with van der Waals surface area (Å²) in [6.45, 7) is 2.59. The van der Waals surface area contributed by atoms with E-state index in [0.717, 1.165) is 18.6 Å². The maximum Gasteiger partial charge on any atom is 0.408 e. The first-order valence-corrected chi connectivity index (χ1v) is 14.9. The van der Waals surface area contributed by atoms with Gasteiger partial charge in [-0.2, -0.15) is 0 Å². The van der Waals surface area contributed by atoms with E-state index in [9.17, 15) is 23.1 Å². The molecule has 0 unspecified atom stereocenters. The van der Waals surface area contributed by atoms with Gasteiger partial charge in [-0.3, -0.25) is 4.98 Å². The number of aliphatic hydroxyl groups excluding tert-OH is 1. The average molecular weight is 662 g/mol. The maximum atomic E-state index is 15.1. The smallest absolute Gasteiger partial charge is 0.408 e. The lowest BCUT2D eigenvalue weighted by molar-refractivity contribution is -0.0529. The van der Waals surface area contributed by atoms with Gasteiger partial charge in [0.05, 0.1) is 43.1 Å². The van der Waals surface area contributed by atoms with Crippen LogP contribution in [0.25, 0.3) is 22.4 Å². The first kappa shape index (κ1) is 33.6. The van der Waals surface area contributed by atoms with Gasteiger partial charge in [-0.1, -0.05) is 6.92 Å². The van der Waals surface area contributed by atoms with Crippen LogP contribution in [0.15, 0.2) is 37.1 Å². The Balaban J connectivity index is 1.50. The van der Waals surface area contributed by atoms with Gasteiger partial charge in [0.2, 0.25) is 0 Å². The molecule has 17 heteroatoms. The van der Waals surface area contributed by atoms with E-state index in [1.54, 1.807) is 15.5 Å². The highest BCUT2D eigenvalue weighted by molar-refractivity contribution is 5.83. The van der Waals surface area contributed by atoms with Gasteiger partial charge in [-0.25, -0.2) is 37.3 Å². The van der Waals surface area contributed by atoms with Gasteiger partial charge in [0.15, 0.2) is 35.3 Å². The molecule has 0 aliphatic carbocycles. The predicted molar refractivity (Wildman–Crippen MR) is 164 cm³/mol. The van der Waals surface area contributed by atoms with Crippen molar-refractivity contribution in [3.05, 3.63) is 54.2 Å². The summed E-state index contributed by atoms with van der Waals surface area (Å²) in [6.07, 6.45) is -0.110. The summed E-state index contributed by atoms with van der Waals surface area (Å²) in [6, 6.07) is 3.46. The number of aliphatic hydroxyl groups is 1. The van der Waals surface area contributed by atoms with Gasteiger partial charge in [0.25, 0.3) is 6.43 Å². The topological polar surface area (TPSA) is 166 Å². The van der Waals surface area contributed by atoms with Gasteiger partial charge in [0.1, 0.15) is 18.2 Å². The molecule has 1 saturated heterocycles. The van der Waals surface area contributed by atoms with E-state index in [1.165, 1.54) is 26.0 Å². The predicted octanol–water partition coefficient (Wildman–Crippen LogP) is 3.65. The van der Waals surface area contributed by atoms with Crippen LogP contribution in [0.2, 0.25) is 0 Å². The number of aromatic nitrogens is 5. The van der Waals surface area contributed by atoms with E-state index >= 15 is 4.39 Å². The fourth-order valence-electron chi connectivity index (χ4n) is 5.50. The molecule has 4 aromatic rings. The number of alkyl halides is 2. The number of fused-ring (bicyclic) bond motifs is 1. The zero-order valence-electron chi connectivity index (χ0n) is 25.7. The van der Waals surface area contributed by atoms with Crippen molar-refractivity contribution in [1.29, 1.82) is 0 Å². The molecule has 1 aromatic carbocycles. The first-order valence-electron chi connectivity index (χ1n) is 14.9. The lowest BCUT2D eigenvalue weighted by Crippen LogP contribution is -2.63. The van der Waals surface area contributed by atoms with Crippen LogP contribution in [0.1, 0.15) is 31.7 Å². The minimum Gasteiger partial charge on any atom is -0.494 e. The molecule has 5 rings (SSSR count). The molecule has 13 nitrogen and oxygen atoms in total. The number of nitrogens with zero attached hydrogens (tertiary/aromatic N) is 6. The number of amides is 1. The maximum absolute atomic E-state index is 15.1. The van der Waals surface area contributed by atoms with Gasteiger partial charge >= 0.3 is 6.09 Å². The third kappa shape index (κ3) is 7.30. The number of nitrogens with one attached hydrogen (secondary N) is 2. The van der Waals surface area contributed by atoms with E-state index in [-0.39, 0.29) is 43.2 Å². The number of hydrogen-bond donors (Lipinski definition) is 4. The standard InChI is InChI=1S/C30H35F4N9O4/c1-3-6-36-29(45)47-16-41-27-24-28(39-14-38-27)43(15-40-24)12-17-8-21(18-9-20(32)23(46-2)10-19(18)31)37-11-22(17)42-7-4-5-30(35,13-42)25(44)26(33)34/h8-11,14-15,25-26,44H,3-7,12-13,16,35H2,1-2H3,(H,36,45)(H,38,39,41)/t25-,30-/m1/s1. The van der Waals surface area contributed by atoms with Crippen molar-refractivity contribution in [3.63, 3.8) is 0 Å². The van der Waals surface area contributed by atoms with Crippen LogP contribution in [0.4, 0.5) is 33.9 Å². The summed E-state index contributed by atoms with van der Waals surface area (Å²) in [5.41, 5.74) is 6.46. The van der Waals surface area contributed by atoms with Gasteiger partial charge in [-0.05, 0) is 37.0 Å². The van der Waals surface area contributed by atoms with Crippen molar-refractivity contribution < 1.29 is 36.9 Å². The lowest BCUT2D eigenvalue weighted by Gasteiger charge is -2.44. The zero-order chi connectivity index (χ0) is 33.7. The SMILES string of the molecule is CCCNC(=O)OCNc1ncnc2c1ncn2Cc1cc(-c2cc(F)c(OC)cc2F)ncc1N1CCC[C@](N)([C@H](O)C(F)F)C1. The van der Waals surface area contributed by atoms with E-state index in [0.29, 0.717) is 47.7 Å². The molecule has 4 heterocycles. The fourth-order valence-corrected chi connectivity index (χ4v) is 5.50.